The number of hydrogen-bond donors (Lipinski definition) is 1. The summed E-state index contributed by atoms with van der Waals surface area (Å²) >= 11 is 0. The summed E-state index contributed by atoms with van der Waals surface area (Å²) in [7, 11) is 3.90. The summed E-state index contributed by atoms with van der Waals surface area (Å²) < 4.78 is 39.1. The van der Waals surface area contributed by atoms with Crippen molar-refractivity contribution in [3.05, 3.63) is 60.0 Å². The number of likely N-dealkylation sites (tertiary alicyclic amines) is 1. The zero-order valence-corrected chi connectivity index (χ0v) is 23.6. The molecule has 2 aliphatic heterocycles. The molecule has 0 saturated carbocycles. The largest absolute Gasteiger partial charge is 0.389 e. The van der Waals surface area contributed by atoms with E-state index in [0.717, 1.165) is 30.7 Å². The van der Waals surface area contributed by atoms with E-state index in [1.54, 1.807) is 28.9 Å². The number of carbonyl (C=O) groups excluding carboxylic acids is 2. The van der Waals surface area contributed by atoms with E-state index in [2.05, 4.69) is 33.9 Å². The summed E-state index contributed by atoms with van der Waals surface area (Å²) in [5.74, 6) is 0.353. The first-order valence-corrected chi connectivity index (χ1v) is 13.6. The highest BCUT2D eigenvalue weighted by atomic mass is 19.4. The molecule has 9 nitrogen and oxygen atoms in total. The van der Waals surface area contributed by atoms with Gasteiger partial charge in [0.2, 0.25) is 11.9 Å². The molecule has 3 heterocycles. The topological polar surface area (TPSA) is 86.6 Å². The Morgan fingerprint density at radius 3 is 2.51 bits per heavy atom. The quantitative estimate of drug-likeness (QED) is 0.465. The molecular weight excluding hydrogens is 535 g/mol. The summed E-state index contributed by atoms with van der Waals surface area (Å²) in [5, 5.41) is 7.65. The molecule has 12 heteroatoms. The number of amides is 2. The molecule has 2 aliphatic rings. The number of likely N-dealkylation sites (N-methyl/N-ethyl adjacent to an activating group) is 2. The van der Waals surface area contributed by atoms with Crippen LogP contribution in [0, 0.1) is 0 Å². The molecular formula is C29H36F3N7O2. The van der Waals surface area contributed by atoms with Crippen LogP contribution in [0.15, 0.2) is 48.6 Å². The summed E-state index contributed by atoms with van der Waals surface area (Å²) in [4.78, 5) is 35.3. The van der Waals surface area contributed by atoms with Crippen LogP contribution in [0.5, 0.6) is 0 Å². The Balaban J connectivity index is 1.42. The van der Waals surface area contributed by atoms with Gasteiger partial charge < -0.3 is 20.0 Å². The number of nitrogens with zero attached hydrogens (tertiary/aromatic N) is 6. The first kappa shape index (κ1) is 30.0. The summed E-state index contributed by atoms with van der Waals surface area (Å²) in [5.41, 5.74) is 3.04. The first-order chi connectivity index (χ1) is 19.5. The average Bonchev–Trinajstić information content (AvgIpc) is 3.57. The van der Waals surface area contributed by atoms with Crippen LogP contribution in [0.25, 0.3) is 11.8 Å². The number of carbonyl (C=O) groups is 2. The fraction of sp³-hybridized carbons (Fsp3) is 0.448. The number of nitrogens with one attached hydrogen (secondary N) is 1. The van der Waals surface area contributed by atoms with E-state index >= 15 is 0 Å². The predicted molar refractivity (Wildman–Crippen MR) is 152 cm³/mol. The fourth-order valence-corrected chi connectivity index (χ4v) is 5.11. The fourth-order valence-electron chi connectivity index (χ4n) is 5.11. The van der Waals surface area contributed by atoms with Gasteiger partial charge in [0.05, 0.1) is 6.42 Å². The third-order valence-electron chi connectivity index (χ3n) is 7.49. The van der Waals surface area contributed by atoms with E-state index in [4.69, 9.17) is 0 Å². The maximum atomic E-state index is 13.0. The van der Waals surface area contributed by atoms with Crippen molar-refractivity contribution < 1.29 is 22.8 Å². The molecule has 0 spiro atoms. The van der Waals surface area contributed by atoms with Crippen LogP contribution in [0.3, 0.4) is 0 Å². The second-order valence-electron chi connectivity index (χ2n) is 10.3. The van der Waals surface area contributed by atoms with Crippen LogP contribution in [0.4, 0.5) is 24.8 Å². The lowest BCUT2D eigenvalue weighted by atomic mass is 9.98. The first-order valence-electron chi connectivity index (χ1n) is 13.6. The van der Waals surface area contributed by atoms with Crippen molar-refractivity contribution in [2.24, 2.45) is 0 Å². The Morgan fingerprint density at radius 2 is 1.95 bits per heavy atom. The highest BCUT2D eigenvalue weighted by Crippen LogP contribution is 2.29. The van der Waals surface area contributed by atoms with Gasteiger partial charge in [0, 0.05) is 62.2 Å². The molecule has 41 heavy (non-hydrogen) atoms. The standard InChI is InChI=1S/C29H36F3N7O2/c1-5-24(20-12-17-38(18-13-20)25(40)11-15-29(30,31)32)26-34-28(35-39(26)6-2)33-22-9-7-21(8-10-22)27(41)37(4)23-14-16-36(3)19-23/h5-10,12,23H,2,11,13-19H2,1,3-4H3,(H,33,35)/b24-5-. The van der Waals surface area contributed by atoms with Crippen molar-refractivity contribution in [3.8, 4) is 0 Å². The normalized spacial score (nSPS) is 18.3. The van der Waals surface area contributed by atoms with Gasteiger partial charge in [0.25, 0.3) is 5.91 Å². The van der Waals surface area contributed by atoms with Gasteiger partial charge in [-0.15, -0.1) is 5.10 Å². The lowest BCUT2D eigenvalue weighted by Crippen LogP contribution is -2.38. The molecule has 1 aromatic carbocycles. The minimum absolute atomic E-state index is 0.0210. The molecule has 2 amide bonds. The van der Waals surface area contributed by atoms with Crippen LogP contribution < -0.4 is 5.32 Å². The lowest BCUT2D eigenvalue weighted by Gasteiger charge is -2.27. The van der Waals surface area contributed by atoms with Gasteiger partial charge >= 0.3 is 6.18 Å². The number of anilines is 2. The molecule has 1 aromatic heterocycles. The molecule has 0 bridgehead atoms. The van der Waals surface area contributed by atoms with E-state index in [1.165, 1.54) is 11.1 Å². The highest BCUT2D eigenvalue weighted by Gasteiger charge is 2.30. The second kappa shape index (κ2) is 12.7. The van der Waals surface area contributed by atoms with Crippen molar-refractivity contribution >= 4 is 35.2 Å². The Kier molecular flexibility index (Phi) is 9.31. The Bertz CT molecular complexity index is 1330. The molecule has 2 aromatic rings. The Morgan fingerprint density at radius 1 is 1.22 bits per heavy atom. The predicted octanol–water partition coefficient (Wildman–Crippen LogP) is 4.80. The summed E-state index contributed by atoms with van der Waals surface area (Å²) in [6.07, 6.45) is 0.681. The number of halogens is 3. The van der Waals surface area contributed by atoms with Gasteiger partial charge in [-0.05, 0) is 63.2 Å². The molecule has 4 rings (SSSR count). The number of rotatable bonds is 9. The van der Waals surface area contributed by atoms with E-state index in [0.29, 0.717) is 36.0 Å². The minimum atomic E-state index is -4.35. The van der Waals surface area contributed by atoms with Crippen molar-refractivity contribution in [1.29, 1.82) is 0 Å². The van der Waals surface area contributed by atoms with Gasteiger partial charge in [0.15, 0.2) is 5.82 Å². The molecule has 1 N–H and O–H groups in total. The molecule has 1 saturated heterocycles. The molecule has 1 atom stereocenters. The zero-order chi connectivity index (χ0) is 29.7. The number of aromatic nitrogens is 3. The van der Waals surface area contributed by atoms with E-state index < -0.39 is 24.9 Å². The van der Waals surface area contributed by atoms with Crippen LogP contribution in [-0.2, 0) is 4.79 Å². The third kappa shape index (κ3) is 7.43. The number of hydrogen-bond acceptors (Lipinski definition) is 6. The summed E-state index contributed by atoms with van der Waals surface area (Å²) in [6, 6.07) is 7.37. The van der Waals surface area contributed by atoms with E-state index in [9.17, 15) is 22.8 Å². The smallest absolute Gasteiger partial charge is 0.339 e. The van der Waals surface area contributed by atoms with Crippen molar-refractivity contribution in [3.63, 3.8) is 0 Å². The van der Waals surface area contributed by atoms with Gasteiger partial charge in [-0.25, -0.2) is 4.68 Å². The van der Waals surface area contributed by atoms with Crippen LogP contribution in [0.2, 0.25) is 0 Å². The maximum absolute atomic E-state index is 13.0. The Labute approximate surface area is 238 Å². The molecule has 1 fully saturated rings. The monoisotopic (exact) mass is 571 g/mol. The van der Waals surface area contributed by atoms with Crippen molar-refractivity contribution in [1.82, 2.24) is 29.5 Å². The average molecular weight is 572 g/mol. The van der Waals surface area contributed by atoms with Gasteiger partial charge in [0.1, 0.15) is 0 Å². The van der Waals surface area contributed by atoms with Crippen LogP contribution in [-0.4, -0.2) is 93.8 Å². The SMILES string of the molecule is C=Cn1nc(Nc2ccc(C(=O)N(C)C3CCN(C)C3)cc2)nc1/C(=C\C)C1=CCN(C(=O)CCC(F)(F)F)CC1. The molecule has 0 radical (unpaired) electrons. The number of alkyl halides is 3. The minimum Gasteiger partial charge on any atom is -0.339 e. The number of benzene rings is 1. The molecule has 0 aliphatic carbocycles. The van der Waals surface area contributed by atoms with E-state index in [-0.39, 0.29) is 18.5 Å². The number of allylic oxidation sites excluding steroid dienone is 2. The molecule has 220 valence electrons. The van der Waals surface area contributed by atoms with E-state index in [1.807, 2.05) is 31.0 Å². The lowest BCUT2D eigenvalue weighted by molar-refractivity contribution is -0.148. The third-order valence-corrected chi connectivity index (χ3v) is 7.49. The van der Waals surface area contributed by atoms with Crippen LogP contribution in [0.1, 0.15) is 48.8 Å². The van der Waals surface area contributed by atoms with Crippen molar-refractivity contribution in [2.45, 2.75) is 44.8 Å². The van der Waals surface area contributed by atoms with Crippen molar-refractivity contribution in [2.75, 3.05) is 45.6 Å². The highest BCUT2D eigenvalue weighted by molar-refractivity contribution is 5.94. The second-order valence-corrected chi connectivity index (χ2v) is 10.3. The van der Waals surface area contributed by atoms with Crippen LogP contribution >= 0.6 is 0 Å². The Hall–Kier alpha value is -3.93. The van der Waals surface area contributed by atoms with Gasteiger partial charge in [-0.2, -0.15) is 18.2 Å². The van der Waals surface area contributed by atoms with Gasteiger partial charge in [-0.1, -0.05) is 18.7 Å². The zero-order valence-electron chi connectivity index (χ0n) is 23.6. The summed E-state index contributed by atoms with van der Waals surface area (Å²) in [6.45, 7) is 8.09. The maximum Gasteiger partial charge on any atom is 0.389 e. The molecule has 1 unspecified atom stereocenters. The van der Waals surface area contributed by atoms with Gasteiger partial charge in [-0.3, -0.25) is 9.59 Å².